The second-order valence-corrected chi connectivity index (χ2v) is 6.15. The van der Waals surface area contributed by atoms with Gasteiger partial charge in [-0.25, -0.2) is 0 Å². The molecular weight excluding hydrogens is 252 g/mol. The molecule has 0 bridgehead atoms. The third kappa shape index (κ3) is 3.05. The Bertz CT molecular complexity index is 416. The molecule has 3 heteroatoms. The van der Waals surface area contributed by atoms with E-state index in [1.54, 1.807) is 0 Å². The van der Waals surface area contributed by atoms with Crippen LogP contribution in [0.25, 0.3) is 0 Å². The van der Waals surface area contributed by atoms with Crippen molar-refractivity contribution >= 4 is 0 Å². The highest BCUT2D eigenvalue weighted by atomic mass is 16.5. The highest BCUT2D eigenvalue weighted by molar-refractivity contribution is 5.13. The summed E-state index contributed by atoms with van der Waals surface area (Å²) in [5, 5.41) is 10.7. The summed E-state index contributed by atoms with van der Waals surface area (Å²) in [5.41, 5.74) is 0.597. The van der Waals surface area contributed by atoms with Crippen LogP contribution in [0.3, 0.4) is 0 Å². The fourth-order valence-electron chi connectivity index (χ4n) is 3.62. The number of hydrogen-bond acceptors (Lipinski definition) is 3. The molecule has 0 radical (unpaired) electrons. The maximum atomic E-state index is 10.7. The fourth-order valence-corrected chi connectivity index (χ4v) is 3.62. The number of benzene rings is 1. The minimum atomic E-state index is -0.600. The van der Waals surface area contributed by atoms with Crippen LogP contribution < -0.4 is 0 Å². The molecule has 1 aromatic rings. The highest BCUT2D eigenvalue weighted by Crippen LogP contribution is 2.40. The number of hydrogen-bond donors (Lipinski definition) is 1. The van der Waals surface area contributed by atoms with E-state index in [4.69, 9.17) is 9.47 Å². The van der Waals surface area contributed by atoms with Crippen molar-refractivity contribution in [2.45, 2.75) is 50.4 Å². The first-order valence-corrected chi connectivity index (χ1v) is 7.74. The van der Waals surface area contributed by atoms with Crippen LogP contribution in [0, 0.1) is 5.92 Å². The van der Waals surface area contributed by atoms with Gasteiger partial charge in [-0.1, -0.05) is 36.8 Å². The molecular formula is C17H24O3. The normalized spacial score (nSPS) is 33.6. The van der Waals surface area contributed by atoms with E-state index in [2.05, 4.69) is 12.1 Å². The lowest BCUT2D eigenvalue weighted by Gasteiger charge is -2.47. The second-order valence-electron chi connectivity index (χ2n) is 6.15. The predicted octanol–water partition coefficient (Wildman–Crippen LogP) is 2.91. The zero-order chi connectivity index (χ0) is 13.8. The predicted molar refractivity (Wildman–Crippen MR) is 77.4 cm³/mol. The molecule has 2 fully saturated rings. The number of ether oxygens (including phenoxy) is 2. The average molecular weight is 276 g/mol. The van der Waals surface area contributed by atoms with Crippen molar-refractivity contribution in [1.29, 1.82) is 0 Å². The van der Waals surface area contributed by atoms with Gasteiger partial charge in [-0.05, 0) is 31.2 Å². The lowest BCUT2D eigenvalue weighted by molar-refractivity contribution is -0.193. The Morgan fingerprint density at radius 2 is 2.00 bits per heavy atom. The van der Waals surface area contributed by atoms with Crippen LogP contribution in [0.15, 0.2) is 30.3 Å². The van der Waals surface area contributed by atoms with Gasteiger partial charge >= 0.3 is 0 Å². The Balaban J connectivity index is 1.54. The van der Waals surface area contributed by atoms with E-state index >= 15 is 0 Å². The maximum Gasteiger partial charge on any atom is 0.0912 e. The molecule has 1 saturated heterocycles. The number of fused-ring (bicyclic) bond motifs is 1. The molecule has 0 aromatic heterocycles. The van der Waals surface area contributed by atoms with E-state index < -0.39 is 5.60 Å². The summed E-state index contributed by atoms with van der Waals surface area (Å²) in [6.45, 7) is 2.10. The van der Waals surface area contributed by atoms with Gasteiger partial charge in [0, 0.05) is 12.5 Å². The Hall–Kier alpha value is -0.900. The van der Waals surface area contributed by atoms with Crippen LogP contribution in [0.2, 0.25) is 0 Å². The van der Waals surface area contributed by atoms with Gasteiger partial charge in [0.15, 0.2) is 0 Å². The molecule has 1 saturated carbocycles. The van der Waals surface area contributed by atoms with Gasteiger partial charge in [-0.2, -0.15) is 0 Å². The van der Waals surface area contributed by atoms with Crippen molar-refractivity contribution in [2.24, 2.45) is 5.92 Å². The first-order chi connectivity index (χ1) is 9.78. The Kier molecular flexibility index (Phi) is 4.39. The monoisotopic (exact) mass is 276 g/mol. The molecule has 0 amide bonds. The quantitative estimate of drug-likeness (QED) is 0.919. The summed E-state index contributed by atoms with van der Waals surface area (Å²) in [6.07, 6.45) is 4.89. The zero-order valence-electron chi connectivity index (χ0n) is 12.0. The minimum Gasteiger partial charge on any atom is -0.387 e. The molecule has 110 valence electrons. The summed E-state index contributed by atoms with van der Waals surface area (Å²) in [6, 6.07) is 10.2. The van der Waals surface area contributed by atoms with E-state index in [-0.39, 0.29) is 6.10 Å². The van der Waals surface area contributed by atoms with Crippen LogP contribution in [0.4, 0.5) is 0 Å². The Labute approximate surface area is 120 Å². The number of aliphatic hydroxyl groups is 1. The molecule has 2 aliphatic rings. The number of rotatable bonds is 4. The van der Waals surface area contributed by atoms with E-state index in [0.717, 1.165) is 38.7 Å². The second kappa shape index (κ2) is 6.25. The van der Waals surface area contributed by atoms with Crippen molar-refractivity contribution < 1.29 is 14.6 Å². The van der Waals surface area contributed by atoms with Gasteiger partial charge in [-0.3, -0.25) is 0 Å². The molecule has 3 nitrogen and oxygen atoms in total. The summed E-state index contributed by atoms with van der Waals surface area (Å²) in [5.74, 6) is 0.331. The highest BCUT2D eigenvalue weighted by Gasteiger charge is 2.46. The van der Waals surface area contributed by atoms with E-state index in [0.29, 0.717) is 19.1 Å². The molecule has 1 heterocycles. The third-order valence-corrected chi connectivity index (χ3v) is 4.64. The lowest BCUT2D eigenvalue weighted by Crippen LogP contribution is -2.54. The largest absolute Gasteiger partial charge is 0.387 e. The zero-order valence-corrected chi connectivity index (χ0v) is 12.0. The summed E-state index contributed by atoms with van der Waals surface area (Å²) in [7, 11) is 0. The van der Waals surface area contributed by atoms with Gasteiger partial charge < -0.3 is 14.6 Å². The molecule has 1 aliphatic carbocycles. The molecule has 1 N–H and O–H groups in total. The van der Waals surface area contributed by atoms with Crippen LogP contribution >= 0.6 is 0 Å². The third-order valence-electron chi connectivity index (χ3n) is 4.64. The van der Waals surface area contributed by atoms with Crippen molar-refractivity contribution in [2.75, 3.05) is 13.2 Å². The van der Waals surface area contributed by atoms with E-state index in [9.17, 15) is 5.11 Å². The van der Waals surface area contributed by atoms with Gasteiger partial charge in [0.25, 0.3) is 0 Å². The van der Waals surface area contributed by atoms with Crippen LogP contribution in [0.5, 0.6) is 0 Å². The van der Waals surface area contributed by atoms with Crippen molar-refractivity contribution in [3.05, 3.63) is 35.9 Å². The van der Waals surface area contributed by atoms with Gasteiger partial charge in [0.1, 0.15) is 0 Å². The molecule has 20 heavy (non-hydrogen) atoms. The smallest absolute Gasteiger partial charge is 0.0912 e. The fraction of sp³-hybridized carbons (Fsp3) is 0.647. The van der Waals surface area contributed by atoms with E-state index in [1.807, 2.05) is 18.2 Å². The maximum absolute atomic E-state index is 10.7. The lowest BCUT2D eigenvalue weighted by atomic mass is 9.72. The van der Waals surface area contributed by atoms with Gasteiger partial charge in [0.05, 0.1) is 24.9 Å². The van der Waals surface area contributed by atoms with Crippen LogP contribution in [-0.2, 0) is 16.1 Å². The summed E-state index contributed by atoms with van der Waals surface area (Å²) in [4.78, 5) is 0. The first kappa shape index (κ1) is 14.1. The topological polar surface area (TPSA) is 38.7 Å². The molecule has 3 unspecified atom stereocenters. The standard InChI is InChI=1S/C17H24O3/c18-17-9-4-8-15(16(17)20-11-5-10-17)13-19-12-14-6-2-1-3-7-14/h1-3,6-7,15-16,18H,4-5,8-13H2. The van der Waals surface area contributed by atoms with Gasteiger partial charge in [0.2, 0.25) is 0 Å². The molecule has 1 aliphatic heterocycles. The summed E-state index contributed by atoms with van der Waals surface area (Å²) >= 11 is 0. The van der Waals surface area contributed by atoms with Crippen LogP contribution in [0.1, 0.15) is 37.7 Å². The van der Waals surface area contributed by atoms with Crippen molar-refractivity contribution in [1.82, 2.24) is 0 Å². The molecule has 3 rings (SSSR count). The van der Waals surface area contributed by atoms with Crippen LogP contribution in [-0.4, -0.2) is 30.0 Å². The SMILES string of the molecule is OC12CCCOC1C(COCc1ccccc1)CCC2. The molecule has 3 atom stereocenters. The van der Waals surface area contributed by atoms with Crippen molar-refractivity contribution in [3.8, 4) is 0 Å². The first-order valence-electron chi connectivity index (χ1n) is 7.74. The average Bonchev–Trinajstić information content (AvgIpc) is 2.48. The molecule has 1 aromatic carbocycles. The Morgan fingerprint density at radius 1 is 1.20 bits per heavy atom. The van der Waals surface area contributed by atoms with E-state index in [1.165, 1.54) is 5.56 Å². The van der Waals surface area contributed by atoms with Crippen molar-refractivity contribution in [3.63, 3.8) is 0 Å². The minimum absolute atomic E-state index is 0.0271. The van der Waals surface area contributed by atoms with Gasteiger partial charge in [-0.15, -0.1) is 0 Å². The summed E-state index contributed by atoms with van der Waals surface area (Å²) < 4.78 is 11.7. The Morgan fingerprint density at radius 3 is 2.85 bits per heavy atom. The molecule has 0 spiro atoms.